The molecule has 0 spiro atoms. The van der Waals surface area contributed by atoms with Crippen molar-refractivity contribution >= 4 is 17.7 Å². The molecular formula is C39H62O10. The molecule has 0 aromatic rings. The highest BCUT2D eigenvalue weighted by atomic mass is 16.7. The van der Waals surface area contributed by atoms with Gasteiger partial charge in [0.1, 0.15) is 24.1 Å². The first-order valence-corrected chi connectivity index (χ1v) is 18.6. The summed E-state index contributed by atoms with van der Waals surface area (Å²) in [6.07, 6.45) is 2.56. The molecule has 1 aliphatic heterocycles. The van der Waals surface area contributed by atoms with E-state index in [1.54, 1.807) is 21.0 Å². The largest absolute Gasteiger partial charge is 0.462 e. The highest BCUT2D eigenvalue weighted by Gasteiger charge is 2.74. The van der Waals surface area contributed by atoms with Crippen molar-refractivity contribution in [2.45, 2.75) is 163 Å². The Morgan fingerprint density at radius 2 is 1.78 bits per heavy atom. The third kappa shape index (κ3) is 6.13. The predicted molar refractivity (Wildman–Crippen MR) is 182 cm³/mol. The average Bonchev–Trinajstić information content (AvgIpc) is 3.57. The van der Waals surface area contributed by atoms with Gasteiger partial charge in [0.15, 0.2) is 6.29 Å². The molecule has 1 heterocycles. The van der Waals surface area contributed by atoms with Gasteiger partial charge in [0.25, 0.3) is 0 Å². The van der Waals surface area contributed by atoms with Gasteiger partial charge in [-0.2, -0.15) is 0 Å². The van der Waals surface area contributed by atoms with Crippen molar-refractivity contribution in [3.05, 3.63) is 11.6 Å². The van der Waals surface area contributed by atoms with E-state index >= 15 is 0 Å². The molecule has 278 valence electrons. The number of unbranched alkanes of at least 4 members (excludes halogenated alkanes) is 2. The van der Waals surface area contributed by atoms with E-state index < -0.39 is 76.0 Å². The van der Waals surface area contributed by atoms with Gasteiger partial charge in [-0.15, -0.1) is 0 Å². The number of hydrogen-bond acceptors (Lipinski definition) is 10. The molecule has 0 amide bonds. The Hall–Kier alpha value is -1.85. The SMILES string of the molecule is CCCCCC(=O)OC1CC2(C)C(=CCC2C2CC(C(O)C(C)(C)O)OC2OC)C2(C)C(OC(C)=O)CC3C(C)(C)C(=O)CC(O)C3(C)C12. The number of esters is 2. The molecule has 49 heavy (non-hydrogen) atoms. The van der Waals surface area contributed by atoms with Crippen LogP contribution in [0.4, 0.5) is 0 Å². The number of carbonyl (C=O) groups is 3. The van der Waals surface area contributed by atoms with Gasteiger partial charge in [-0.25, -0.2) is 0 Å². The van der Waals surface area contributed by atoms with E-state index in [0.717, 1.165) is 24.8 Å². The molecule has 0 bridgehead atoms. The van der Waals surface area contributed by atoms with Crippen molar-refractivity contribution < 1.29 is 48.7 Å². The quantitative estimate of drug-likeness (QED) is 0.157. The van der Waals surface area contributed by atoms with Crippen molar-refractivity contribution in [3.8, 4) is 0 Å². The summed E-state index contributed by atoms with van der Waals surface area (Å²) in [6.45, 7) is 16.9. The van der Waals surface area contributed by atoms with Crippen LogP contribution in [0.15, 0.2) is 11.6 Å². The maximum atomic E-state index is 13.7. The van der Waals surface area contributed by atoms with E-state index in [-0.39, 0.29) is 42.3 Å². The highest BCUT2D eigenvalue weighted by molar-refractivity contribution is 5.86. The van der Waals surface area contributed by atoms with Gasteiger partial charge in [0.05, 0.1) is 17.8 Å². The number of fused-ring (bicyclic) bond motifs is 5. The van der Waals surface area contributed by atoms with Gasteiger partial charge in [-0.1, -0.05) is 66.0 Å². The van der Waals surface area contributed by atoms with Crippen molar-refractivity contribution in [3.63, 3.8) is 0 Å². The number of hydrogen-bond donors (Lipinski definition) is 3. The van der Waals surface area contributed by atoms with Crippen LogP contribution in [-0.2, 0) is 33.3 Å². The van der Waals surface area contributed by atoms with Crippen LogP contribution in [0.2, 0.25) is 0 Å². The molecule has 1 saturated heterocycles. The fourth-order valence-electron chi connectivity index (χ4n) is 11.7. The zero-order chi connectivity index (χ0) is 36.5. The van der Waals surface area contributed by atoms with Gasteiger partial charge in [0.2, 0.25) is 0 Å². The number of Topliss-reactive ketones (excluding diaryl/α,β-unsaturated/α-hetero) is 1. The van der Waals surface area contributed by atoms with E-state index in [1.807, 2.05) is 13.8 Å². The van der Waals surface area contributed by atoms with Gasteiger partial charge >= 0.3 is 11.9 Å². The number of rotatable bonds is 10. The number of aliphatic hydroxyl groups excluding tert-OH is 2. The number of aliphatic hydroxyl groups is 3. The Bertz CT molecular complexity index is 1320. The molecule has 13 unspecified atom stereocenters. The Labute approximate surface area is 292 Å². The van der Waals surface area contributed by atoms with Crippen LogP contribution in [0.1, 0.15) is 120 Å². The Balaban J connectivity index is 1.63. The molecule has 3 saturated carbocycles. The van der Waals surface area contributed by atoms with E-state index in [4.69, 9.17) is 18.9 Å². The lowest BCUT2D eigenvalue weighted by Crippen LogP contribution is -2.72. The van der Waals surface area contributed by atoms with Crippen molar-refractivity contribution in [2.75, 3.05) is 7.11 Å². The van der Waals surface area contributed by atoms with Crippen molar-refractivity contribution in [2.24, 2.45) is 45.3 Å². The van der Waals surface area contributed by atoms with Crippen LogP contribution in [0, 0.1) is 45.3 Å². The van der Waals surface area contributed by atoms with E-state index in [2.05, 4.69) is 33.8 Å². The third-order valence-electron chi connectivity index (χ3n) is 14.0. The minimum Gasteiger partial charge on any atom is -0.462 e. The zero-order valence-corrected chi connectivity index (χ0v) is 31.4. The maximum absolute atomic E-state index is 13.7. The lowest BCUT2D eigenvalue weighted by atomic mass is 9.36. The number of carbonyl (C=O) groups excluding carboxylic acids is 3. The smallest absolute Gasteiger partial charge is 0.306 e. The summed E-state index contributed by atoms with van der Waals surface area (Å²) in [7, 11) is 1.59. The summed E-state index contributed by atoms with van der Waals surface area (Å²) in [5.74, 6) is -1.68. The second-order valence-corrected chi connectivity index (χ2v) is 17.7. The maximum Gasteiger partial charge on any atom is 0.306 e. The molecule has 5 rings (SSSR count). The van der Waals surface area contributed by atoms with Gasteiger partial charge < -0.3 is 34.3 Å². The van der Waals surface area contributed by atoms with Crippen LogP contribution in [0.5, 0.6) is 0 Å². The van der Waals surface area contributed by atoms with Crippen LogP contribution in [0.3, 0.4) is 0 Å². The zero-order valence-electron chi connectivity index (χ0n) is 31.4. The minimum atomic E-state index is -1.37. The predicted octanol–water partition coefficient (Wildman–Crippen LogP) is 5.28. The van der Waals surface area contributed by atoms with Crippen LogP contribution in [0.25, 0.3) is 0 Å². The summed E-state index contributed by atoms with van der Waals surface area (Å²) in [4.78, 5) is 40.0. The van der Waals surface area contributed by atoms with E-state index in [1.165, 1.54) is 6.92 Å². The Morgan fingerprint density at radius 3 is 2.37 bits per heavy atom. The Morgan fingerprint density at radius 1 is 1.10 bits per heavy atom. The molecule has 3 N–H and O–H groups in total. The topological polar surface area (TPSA) is 149 Å². The second kappa shape index (κ2) is 13.3. The first-order valence-electron chi connectivity index (χ1n) is 18.6. The molecule has 5 aliphatic rings. The minimum absolute atomic E-state index is 0.0147. The monoisotopic (exact) mass is 690 g/mol. The van der Waals surface area contributed by atoms with Crippen LogP contribution < -0.4 is 0 Å². The molecule has 4 aliphatic carbocycles. The second-order valence-electron chi connectivity index (χ2n) is 17.7. The lowest BCUT2D eigenvalue weighted by molar-refractivity contribution is -0.257. The summed E-state index contributed by atoms with van der Waals surface area (Å²) in [5.41, 5.74) is -3.26. The lowest BCUT2D eigenvalue weighted by Gasteiger charge is -2.69. The van der Waals surface area contributed by atoms with Crippen molar-refractivity contribution in [1.29, 1.82) is 0 Å². The van der Waals surface area contributed by atoms with Gasteiger partial charge in [-0.05, 0) is 63.2 Å². The normalized spacial score (nSPS) is 43.6. The summed E-state index contributed by atoms with van der Waals surface area (Å²) in [5, 5.41) is 33.7. The van der Waals surface area contributed by atoms with E-state index in [0.29, 0.717) is 25.7 Å². The number of ether oxygens (including phenoxy) is 4. The Kier molecular flexibility index (Phi) is 10.4. The van der Waals surface area contributed by atoms with Crippen LogP contribution in [-0.4, -0.2) is 82.6 Å². The molecular weight excluding hydrogens is 628 g/mol. The molecule has 10 heteroatoms. The van der Waals surface area contributed by atoms with Crippen LogP contribution >= 0.6 is 0 Å². The standard InChI is InChI=1S/C39H62O10/c1-11-12-13-14-31(43)48-25-20-37(7)23(22-17-24(49-34(22)46-10)33(44)36(5,6)45)15-16-26(37)39(9)30(47-21(2)40)18-27-35(3,4)28(41)19-29(42)38(27,8)32(25)39/h16,22-25,27,29-30,32-34,42,44-45H,11-15,17-20H2,1-10H3. The van der Waals surface area contributed by atoms with E-state index in [9.17, 15) is 29.7 Å². The highest BCUT2D eigenvalue weighted by Crippen LogP contribution is 2.74. The fraction of sp³-hybridized carbons (Fsp3) is 0.872. The molecule has 4 fully saturated rings. The summed E-state index contributed by atoms with van der Waals surface area (Å²) in [6, 6.07) is 0. The average molecular weight is 691 g/mol. The molecule has 13 atom stereocenters. The summed E-state index contributed by atoms with van der Waals surface area (Å²) < 4.78 is 25.0. The number of allylic oxidation sites excluding steroid dienone is 1. The molecule has 10 nitrogen and oxygen atoms in total. The van der Waals surface area contributed by atoms with Crippen molar-refractivity contribution in [1.82, 2.24) is 0 Å². The fourth-order valence-corrected chi connectivity index (χ4v) is 11.7. The third-order valence-corrected chi connectivity index (χ3v) is 14.0. The molecule has 0 aromatic carbocycles. The summed E-state index contributed by atoms with van der Waals surface area (Å²) >= 11 is 0. The number of ketones is 1. The number of methoxy groups -OCH3 is 1. The van der Waals surface area contributed by atoms with Gasteiger partial charge in [-0.3, -0.25) is 14.4 Å². The first-order chi connectivity index (χ1) is 22.7. The molecule has 0 aromatic heterocycles. The first kappa shape index (κ1) is 38.4. The molecule has 0 radical (unpaired) electrons. The van der Waals surface area contributed by atoms with Gasteiger partial charge in [0, 0.05) is 55.0 Å².